The van der Waals surface area contributed by atoms with Crippen molar-refractivity contribution in [2.75, 3.05) is 0 Å². The first-order valence-corrected chi connectivity index (χ1v) is 6.18. The molecular weight excluding hydrogens is 248 g/mol. The topological polar surface area (TPSA) is 81.8 Å². The second-order valence-electron chi connectivity index (χ2n) is 4.40. The van der Waals surface area contributed by atoms with Gasteiger partial charge < -0.3 is 4.84 Å². The molecule has 1 aliphatic rings. The Balaban J connectivity index is 2.03. The Morgan fingerprint density at radius 3 is 2.68 bits per heavy atom. The minimum absolute atomic E-state index is 0.134. The smallest absolute Gasteiger partial charge is 0.313 e. The van der Waals surface area contributed by atoms with Crippen LogP contribution in [0.4, 0.5) is 5.69 Å². The van der Waals surface area contributed by atoms with Gasteiger partial charge in [-0.15, -0.1) is 0 Å². The molecule has 0 unspecified atom stereocenters. The second-order valence-corrected chi connectivity index (χ2v) is 4.40. The SMILES string of the molecule is O=C(ON=C1CCCCC1)c1cccc([N+](=O)[O-])c1. The Kier molecular flexibility index (Phi) is 4.22. The van der Waals surface area contributed by atoms with Crippen LogP contribution < -0.4 is 0 Å². The van der Waals surface area contributed by atoms with Crippen molar-refractivity contribution < 1.29 is 14.6 Å². The van der Waals surface area contributed by atoms with Crippen LogP contribution in [0.25, 0.3) is 0 Å². The van der Waals surface area contributed by atoms with Crippen LogP contribution in [0.2, 0.25) is 0 Å². The molecule has 6 nitrogen and oxygen atoms in total. The van der Waals surface area contributed by atoms with Crippen molar-refractivity contribution in [2.45, 2.75) is 32.1 Å². The van der Waals surface area contributed by atoms with Crippen LogP contribution in [0.15, 0.2) is 29.4 Å². The van der Waals surface area contributed by atoms with Crippen LogP contribution in [-0.2, 0) is 4.84 Å². The fourth-order valence-corrected chi connectivity index (χ4v) is 1.96. The molecule has 0 heterocycles. The van der Waals surface area contributed by atoms with Gasteiger partial charge in [0.1, 0.15) is 0 Å². The molecule has 2 rings (SSSR count). The summed E-state index contributed by atoms with van der Waals surface area (Å²) in [6, 6.07) is 5.42. The van der Waals surface area contributed by atoms with Crippen LogP contribution in [0.1, 0.15) is 42.5 Å². The van der Waals surface area contributed by atoms with Crippen LogP contribution in [0, 0.1) is 10.1 Å². The first-order chi connectivity index (χ1) is 9.16. The molecule has 19 heavy (non-hydrogen) atoms. The summed E-state index contributed by atoms with van der Waals surface area (Å²) < 4.78 is 0. The van der Waals surface area contributed by atoms with Gasteiger partial charge in [0.2, 0.25) is 0 Å². The van der Waals surface area contributed by atoms with Gasteiger partial charge in [-0.1, -0.05) is 17.6 Å². The average Bonchev–Trinajstić information content (AvgIpc) is 2.46. The molecule has 1 aromatic rings. The molecule has 0 aromatic heterocycles. The maximum atomic E-state index is 11.7. The highest BCUT2D eigenvalue weighted by atomic mass is 16.7. The van der Waals surface area contributed by atoms with E-state index >= 15 is 0 Å². The number of carbonyl (C=O) groups is 1. The summed E-state index contributed by atoms with van der Waals surface area (Å²) in [6.45, 7) is 0. The van der Waals surface area contributed by atoms with Gasteiger partial charge in [-0.3, -0.25) is 10.1 Å². The van der Waals surface area contributed by atoms with Gasteiger partial charge in [0, 0.05) is 12.1 Å². The van der Waals surface area contributed by atoms with Gasteiger partial charge >= 0.3 is 5.97 Å². The fraction of sp³-hybridized carbons (Fsp3) is 0.385. The van der Waals surface area contributed by atoms with Gasteiger partial charge in [-0.05, 0) is 31.7 Å². The van der Waals surface area contributed by atoms with Gasteiger partial charge in [-0.2, -0.15) is 0 Å². The molecule has 0 aliphatic heterocycles. The van der Waals surface area contributed by atoms with Crippen molar-refractivity contribution in [3.63, 3.8) is 0 Å². The lowest BCUT2D eigenvalue weighted by Crippen LogP contribution is -2.08. The quantitative estimate of drug-likeness (QED) is 0.476. The van der Waals surface area contributed by atoms with E-state index in [2.05, 4.69) is 5.16 Å². The largest absolute Gasteiger partial charge is 0.365 e. The van der Waals surface area contributed by atoms with Crippen LogP contribution >= 0.6 is 0 Å². The zero-order chi connectivity index (χ0) is 13.7. The minimum atomic E-state index is -0.665. The number of carbonyl (C=O) groups excluding carboxylic acids is 1. The lowest BCUT2D eigenvalue weighted by atomic mass is 9.99. The minimum Gasteiger partial charge on any atom is -0.313 e. The molecule has 1 saturated carbocycles. The average molecular weight is 262 g/mol. The van der Waals surface area contributed by atoms with E-state index in [1.165, 1.54) is 30.7 Å². The van der Waals surface area contributed by atoms with Gasteiger partial charge in [0.25, 0.3) is 5.69 Å². The molecule has 1 aliphatic carbocycles. The Hall–Kier alpha value is -2.24. The first-order valence-electron chi connectivity index (χ1n) is 6.18. The molecule has 0 radical (unpaired) electrons. The number of nitro benzene ring substituents is 1. The Bertz CT molecular complexity index is 517. The maximum absolute atomic E-state index is 11.7. The first kappa shape index (κ1) is 13.2. The highest BCUT2D eigenvalue weighted by molar-refractivity contribution is 5.91. The molecule has 1 fully saturated rings. The zero-order valence-electron chi connectivity index (χ0n) is 10.4. The van der Waals surface area contributed by atoms with Gasteiger partial charge in [-0.25, -0.2) is 4.79 Å². The standard InChI is InChI=1S/C13H14N2O4/c16-13(19-14-11-6-2-1-3-7-11)10-5-4-8-12(9-10)15(17)18/h4-5,8-9H,1-3,6-7H2. The molecule has 0 bridgehead atoms. The second kappa shape index (κ2) is 6.08. The van der Waals surface area contributed by atoms with E-state index in [0.717, 1.165) is 31.4 Å². The monoisotopic (exact) mass is 262 g/mol. The predicted molar refractivity (Wildman–Crippen MR) is 69.0 cm³/mol. The number of hydrogen-bond acceptors (Lipinski definition) is 5. The number of nitro groups is 1. The van der Waals surface area contributed by atoms with Crippen molar-refractivity contribution in [3.8, 4) is 0 Å². The summed E-state index contributed by atoms with van der Waals surface area (Å²) in [5.74, 6) is -0.665. The summed E-state index contributed by atoms with van der Waals surface area (Å²) >= 11 is 0. The maximum Gasteiger partial charge on any atom is 0.365 e. The van der Waals surface area contributed by atoms with E-state index in [9.17, 15) is 14.9 Å². The highest BCUT2D eigenvalue weighted by Crippen LogP contribution is 2.16. The van der Waals surface area contributed by atoms with Crippen molar-refractivity contribution in [3.05, 3.63) is 39.9 Å². The number of oxime groups is 1. The highest BCUT2D eigenvalue weighted by Gasteiger charge is 2.14. The lowest BCUT2D eigenvalue weighted by molar-refractivity contribution is -0.384. The van der Waals surface area contributed by atoms with Crippen LogP contribution in [-0.4, -0.2) is 16.6 Å². The summed E-state index contributed by atoms with van der Waals surface area (Å²) in [7, 11) is 0. The van der Waals surface area contributed by atoms with Crippen molar-refractivity contribution in [2.24, 2.45) is 5.16 Å². The predicted octanol–water partition coefficient (Wildman–Crippen LogP) is 3.07. The summed E-state index contributed by atoms with van der Waals surface area (Å²) in [5.41, 5.74) is 0.874. The lowest BCUT2D eigenvalue weighted by Gasteiger charge is -2.10. The number of hydrogen-bond donors (Lipinski definition) is 0. The van der Waals surface area contributed by atoms with Crippen LogP contribution in [0.3, 0.4) is 0 Å². The molecule has 100 valence electrons. The number of non-ortho nitro benzene ring substituents is 1. The Morgan fingerprint density at radius 1 is 1.26 bits per heavy atom. The normalized spacial score (nSPS) is 14.8. The van der Waals surface area contributed by atoms with E-state index in [1.54, 1.807) is 0 Å². The van der Waals surface area contributed by atoms with Gasteiger partial charge in [0.15, 0.2) is 0 Å². The molecule has 0 amide bonds. The molecular formula is C13H14N2O4. The third-order valence-corrected chi connectivity index (χ3v) is 2.98. The molecule has 0 N–H and O–H groups in total. The molecule has 1 aromatic carbocycles. The van der Waals surface area contributed by atoms with E-state index in [1.807, 2.05) is 0 Å². The molecule has 0 saturated heterocycles. The molecule has 6 heteroatoms. The Labute approximate surface area is 110 Å². The molecule has 0 spiro atoms. The summed E-state index contributed by atoms with van der Waals surface area (Å²) in [5, 5.41) is 14.4. The van der Waals surface area contributed by atoms with Crippen molar-refractivity contribution in [1.29, 1.82) is 0 Å². The number of benzene rings is 1. The number of rotatable bonds is 3. The van der Waals surface area contributed by atoms with E-state index < -0.39 is 10.9 Å². The third-order valence-electron chi connectivity index (χ3n) is 2.98. The van der Waals surface area contributed by atoms with Gasteiger partial charge in [0.05, 0.1) is 16.2 Å². The van der Waals surface area contributed by atoms with Crippen molar-refractivity contribution in [1.82, 2.24) is 0 Å². The van der Waals surface area contributed by atoms with Crippen molar-refractivity contribution >= 4 is 17.4 Å². The zero-order valence-corrected chi connectivity index (χ0v) is 10.4. The van der Waals surface area contributed by atoms with E-state index in [4.69, 9.17) is 4.84 Å². The number of nitrogens with zero attached hydrogens (tertiary/aromatic N) is 2. The Morgan fingerprint density at radius 2 is 2.00 bits per heavy atom. The molecule has 0 atom stereocenters. The van der Waals surface area contributed by atoms with E-state index in [-0.39, 0.29) is 11.3 Å². The summed E-state index contributed by atoms with van der Waals surface area (Å²) in [4.78, 5) is 26.6. The third kappa shape index (κ3) is 3.61. The summed E-state index contributed by atoms with van der Waals surface area (Å²) in [6.07, 6.45) is 5.00. The van der Waals surface area contributed by atoms with E-state index in [0.29, 0.717) is 0 Å². The fourth-order valence-electron chi connectivity index (χ4n) is 1.96. The van der Waals surface area contributed by atoms with Crippen LogP contribution in [0.5, 0.6) is 0 Å².